The normalized spacial score (nSPS) is 19.5. The number of anilines is 1. The van der Waals surface area contributed by atoms with E-state index in [4.69, 9.17) is 9.72 Å². The molecule has 3 aromatic rings. The molecule has 0 radical (unpaired) electrons. The Balaban J connectivity index is 1.56. The van der Waals surface area contributed by atoms with Gasteiger partial charge in [0, 0.05) is 17.3 Å². The second-order valence-electron chi connectivity index (χ2n) is 8.68. The van der Waals surface area contributed by atoms with Gasteiger partial charge in [0.25, 0.3) is 5.91 Å². The Morgan fingerprint density at radius 1 is 1.18 bits per heavy atom. The molecule has 1 saturated carbocycles. The van der Waals surface area contributed by atoms with E-state index < -0.39 is 15.8 Å². The first kappa shape index (κ1) is 21.6. The molecule has 1 aliphatic carbocycles. The summed E-state index contributed by atoms with van der Waals surface area (Å²) in [5.41, 5.74) is 3.23. The molecule has 2 aliphatic rings. The standard InChI is InChI=1S/C23H24N4O5S/c1-13-20-18(22(28)24-16-5-3-4-15(10-16)23(29)32-2)11-19(14-6-7-14)25-21(20)27(26-13)17-8-9-33(30,31)12-17/h3-5,10-11,14,17H,6-9,12H2,1-2H3,(H,24,28). The van der Waals surface area contributed by atoms with Crippen molar-refractivity contribution in [2.75, 3.05) is 23.9 Å². The number of pyridine rings is 1. The van der Waals surface area contributed by atoms with Crippen molar-refractivity contribution in [2.24, 2.45) is 0 Å². The summed E-state index contributed by atoms with van der Waals surface area (Å²) in [6, 6.07) is 8.06. The van der Waals surface area contributed by atoms with E-state index in [1.807, 2.05) is 6.07 Å². The number of methoxy groups -OCH3 is 1. The summed E-state index contributed by atoms with van der Waals surface area (Å²) in [5.74, 6) is -0.380. The van der Waals surface area contributed by atoms with Crippen LogP contribution in [0.3, 0.4) is 0 Å². The van der Waals surface area contributed by atoms with E-state index >= 15 is 0 Å². The smallest absolute Gasteiger partial charge is 0.337 e. The van der Waals surface area contributed by atoms with Gasteiger partial charge in [-0.2, -0.15) is 5.10 Å². The fourth-order valence-corrected chi connectivity index (χ4v) is 6.05. The molecule has 1 amide bonds. The van der Waals surface area contributed by atoms with Gasteiger partial charge in [-0.05, 0) is 50.5 Å². The number of hydrogen-bond donors (Lipinski definition) is 1. The summed E-state index contributed by atoms with van der Waals surface area (Å²) in [6.45, 7) is 1.80. The lowest BCUT2D eigenvalue weighted by Gasteiger charge is -2.12. The Morgan fingerprint density at radius 2 is 1.97 bits per heavy atom. The van der Waals surface area contributed by atoms with Crippen molar-refractivity contribution in [2.45, 2.75) is 38.1 Å². The molecule has 10 heteroatoms. The van der Waals surface area contributed by atoms with Crippen molar-refractivity contribution in [3.8, 4) is 0 Å². The summed E-state index contributed by atoms with van der Waals surface area (Å²) >= 11 is 0. The van der Waals surface area contributed by atoms with Crippen LogP contribution in [0, 0.1) is 6.92 Å². The third kappa shape index (κ3) is 4.10. The van der Waals surface area contributed by atoms with Crippen LogP contribution in [-0.4, -0.2) is 53.7 Å². The number of carbonyl (C=O) groups excluding carboxylic acids is 2. The van der Waals surface area contributed by atoms with Crippen molar-refractivity contribution in [3.05, 3.63) is 52.8 Å². The number of rotatable bonds is 5. The second-order valence-corrected chi connectivity index (χ2v) is 10.9. The second kappa shape index (κ2) is 7.95. The Hall–Kier alpha value is -3.27. The van der Waals surface area contributed by atoms with Gasteiger partial charge in [-0.3, -0.25) is 4.79 Å². The summed E-state index contributed by atoms with van der Waals surface area (Å²) < 4.78 is 30.6. The van der Waals surface area contributed by atoms with Crippen LogP contribution < -0.4 is 5.32 Å². The number of esters is 1. The van der Waals surface area contributed by atoms with Gasteiger partial charge in [-0.15, -0.1) is 0 Å². The van der Waals surface area contributed by atoms with Crippen molar-refractivity contribution >= 4 is 38.4 Å². The first-order valence-corrected chi connectivity index (χ1v) is 12.7. The number of amides is 1. The van der Waals surface area contributed by atoms with E-state index in [1.54, 1.807) is 35.9 Å². The number of nitrogens with one attached hydrogen (secondary N) is 1. The predicted octanol–water partition coefficient (Wildman–Crippen LogP) is 3.02. The lowest BCUT2D eigenvalue weighted by atomic mass is 10.1. The Bertz CT molecular complexity index is 1390. The van der Waals surface area contributed by atoms with E-state index in [0.717, 1.165) is 18.5 Å². The molecule has 5 rings (SSSR count). The molecular weight excluding hydrogens is 444 g/mol. The van der Waals surface area contributed by atoms with E-state index in [1.165, 1.54) is 7.11 Å². The molecule has 2 aromatic heterocycles. The lowest BCUT2D eigenvalue weighted by Crippen LogP contribution is -2.15. The van der Waals surface area contributed by atoms with Gasteiger partial charge in [-0.25, -0.2) is 22.9 Å². The van der Waals surface area contributed by atoms with Crippen molar-refractivity contribution in [1.82, 2.24) is 14.8 Å². The summed E-state index contributed by atoms with van der Waals surface area (Å²) in [5, 5.41) is 8.09. The number of ether oxygens (including phenoxy) is 1. The van der Waals surface area contributed by atoms with Crippen molar-refractivity contribution in [3.63, 3.8) is 0 Å². The number of carbonyl (C=O) groups is 2. The third-order valence-corrected chi connectivity index (χ3v) is 7.94. The molecule has 0 spiro atoms. The van der Waals surface area contributed by atoms with Crippen molar-refractivity contribution < 1.29 is 22.7 Å². The topological polar surface area (TPSA) is 120 Å². The molecule has 3 heterocycles. The molecule has 0 bridgehead atoms. The largest absolute Gasteiger partial charge is 0.465 e. The van der Waals surface area contributed by atoms with Crippen LogP contribution in [0.25, 0.3) is 11.0 Å². The molecular formula is C23H24N4O5S. The minimum atomic E-state index is -3.10. The van der Waals surface area contributed by atoms with Gasteiger partial charge in [0.2, 0.25) is 0 Å². The highest BCUT2D eigenvalue weighted by atomic mass is 32.2. The van der Waals surface area contributed by atoms with E-state index in [2.05, 4.69) is 10.4 Å². The van der Waals surface area contributed by atoms with Gasteiger partial charge in [-0.1, -0.05) is 6.07 Å². The van der Waals surface area contributed by atoms with Crippen LogP contribution in [-0.2, 0) is 14.6 Å². The molecule has 1 aromatic carbocycles. The SMILES string of the molecule is COC(=O)c1cccc(NC(=O)c2cc(C3CC3)nc3c2c(C)nn3C2CCS(=O)(=O)C2)c1. The zero-order valence-electron chi connectivity index (χ0n) is 18.4. The van der Waals surface area contributed by atoms with Crippen LogP contribution in [0.5, 0.6) is 0 Å². The molecule has 2 fully saturated rings. The minimum absolute atomic E-state index is 0.0282. The summed E-state index contributed by atoms with van der Waals surface area (Å²) in [6.07, 6.45) is 2.49. The van der Waals surface area contributed by atoms with E-state index in [9.17, 15) is 18.0 Å². The third-order valence-electron chi connectivity index (χ3n) is 6.19. The monoisotopic (exact) mass is 468 g/mol. The Morgan fingerprint density at radius 3 is 2.64 bits per heavy atom. The molecule has 1 unspecified atom stereocenters. The minimum Gasteiger partial charge on any atom is -0.465 e. The first-order chi connectivity index (χ1) is 15.8. The summed E-state index contributed by atoms with van der Waals surface area (Å²) in [4.78, 5) is 30.0. The molecule has 172 valence electrons. The lowest BCUT2D eigenvalue weighted by molar-refractivity contribution is 0.0600. The fourth-order valence-electron chi connectivity index (χ4n) is 4.36. The highest BCUT2D eigenvalue weighted by molar-refractivity contribution is 7.91. The highest BCUT2D eigenvalue weighted by Gasteiger charge is 2.34. The first-order valence-electron chi connectivity index (χ1n) is 10.9. The van der Waals surface area contributed by atoms with Crippen LogP contribution in [0.15, 0.2) is 30.3 Å². The molecule has 1 aliphatic heterocycles. The number of aryl methyl sites for hydroxylation is 1. The zero-order valence-corrected chi connectivity index (χ0v) is 19.2. The Kier molecular flexibility index (Phi) is 5.19. The zero-order chi connectivity index (χ0) is 23.3. The van der Waals surface area contributed by atoms with E-state index in [0.29, 0.717) is 45.9 Å². The van der Waals surface area contributed by atoms with Gasteiger partial charge >= 0.3 is 5.97 Å². The maximum absolute atomic E-state index is 13.4. The maximum atomic E-state index is 13.4. The average molecular weight is 469 g/mol. The quantitative estimate of drug-likeness (QED) is 0.572. The average Bonchev–Trinajstić information content (AvgIpc) is 3.51. The Labute approximate surface area is 191 Å². The predicted molar refractivity (Wildman–Crippen MR) is 122 cm³/mol. The summed E-state index contributed by atoms with van der Waals surface area (Å²) in [7, 11) is -1.80. The van der Waals surface area contributed by atoms with Gasteiger partial charge in [0.15, 0.2) is 15.5 Å². The van der Waals surface area contributed by atoms with Crippen LogP contribution in [0.1, 0.15) is 63.3 Å². The maximum Gasteiger partial charge on any atom is 0.337 e. The number of nitrogens with zero attached hydrogens (tertiary/aromatic N) is 3. The molecule has 1 saturated heterocycles. The number of benzene rings is 1. The van der Waals surface area contributed by atoms with Crippen LogP contribution >= 0.6 is 0 Å². The van der Waals surface area contributed by atoms with Gasteiger partial charge < -0.3 is 10.1 Å². The highest BCUT2D eigenvalue weighted by Crippen LogP contribution is 2.41. The van der Waals surface area contributed by atoms with Crippen LogP contribution in [0.2, 0.25) is 0 Å². The number of hydrogen-bond acceptors (Lipinski definition) is 7. The molecule has 1 atom stereocenters. The molecule has 33 heavy (non-hydrogen) atoms. The van der Waals surface area contributed by atoms with E-state index in [-0.39, 0.29) is 23.5 Å². The van der Waals surface area contributed by atoms with Gasteiger partial charge in [0.05, 0.1) is 46.9 Å². The van der Waals surface area contributed by atoms with Gasteiger partial charge in [0.1, 0.15) is 0 Å². The molecule has 9 nitrogen and oxygen atoms in total. The molecule has 1 N–H and O–H groups in total. The van der Waals surface area contributed by atoms with Crippen LogP contribution in [0.4, 0.5) is 5.69 Å². The number of sulfone groups is 1. The fraction of sp³-hybridized carbons (Fsp3) is 0.391. The number of fused-ring (bicyclic) bond motifs is 1. The van der Waals surface area contributed by atoms with Crippen molar-refractivity contribution in [1.29, 1.82) is 0 Å². The number of aromatic nitrogens is 3.